The summed E-state index contributed by atoms with van der Waals surface area (Å²) >= 11 is 0. The number of aromatic nitrogens is 1. The number of azo groups is 1. The number of benzene rings is 2. The molecule has 0 radical (unpaired) electrons. The van der Waals surface area contributed by atoms with Gasteiger partial charge in [0.25, 0.3) is 5.69 Å². The average molecular weight is 380 g/mol. The Bertz CT molecular complexity index is 1050. The maximum absolute atomic E-state index is 12.2. The number of rotatable bonds is 4. The van der Waals surface area contributed by atoms with Gasteiger partial charge in [-0.25, -0.2) is 4.79 Å². The van der Waals surface area contributed by atoms with E-state index in [9.17, 15) is 20.0 Å². The maximum Gasteiger partial charge on any atom is 0.423 e. The molecule has 0 saturated carbocycles. The Morgan fingerprint density at radius 2 is 1.68 bits per heavy atom. The summed E-state index contributed by atoms with van der Waals surface area (Å²) in [6, 6.07) is 10.2. The second kappa shape index (κ2) is 7.70. The Hall–Kier alpha value is -4.01. The van der Waals surface area contributed by atoms with E-state index in [1.54, 1.807) is 32.0 Å². The van der Waals surface area contributed by atoms with Crippen molar-refractivity contribution >= 4 is 23.2 Å². The first-order valence-corrected chi connectivity index (χ1v) is 8.20. The summed E-state index contributed by atoms with van der Waals surface area (Å²) in [6.07, 6.45) is 2.22. The summed E-state index contributed by atoms with van der Waals surface area (Å²) in [5.41, 5.74) is 2.30. The van der Waals surface area contributed by atoms with Gasteiger partial charge in [0.05, 0.1) is 10.6 Å². The maximum atomic E-state index is 12.2. The van der Waals surface area contributed by atoms with Crippen molar-refractivity contribution in [1.82, 2.24) is 4.57 Å². The average Bonchev–Trinajstić information content (AvgIpc) is 3.14. The van der Waals surface area contributed by atoms with Crippen molar-refractivity contribution in [3.05, 3.63) is 76.1 Å². The van der Waals surface area contributed by atoms with E-state index >= 15 is 0 Å². The Balaban J connectivity index is 1.69. The van der Waals surface area contributed by atoms with Gasteiger partial charge in [-0.05, 0) is 55.3 Å². The molecular weight excluding hydrogens is 364 g/mol. The van der Waals surface area contributed by atoms with Crippen LogP contribution in [0.4, 0.5) is 21.9 Å². The number of nitrogens with zero attached hydrogens (tertiary/aromatic N) is 4. The van der Waals surface area contributed by atoms with Gasteiger partial charge in [-0.3, -0.25) is 14.7 Å². The number of ether oxygens (including phenoxy) is 1. The highest BCUT2D eigenvalue weighted by molar-refractivity contribution is 5.74. The van der Waals surface area contributed by atoms with Crippen molar-refractivity contribution < 1.29 is 19.6 Å². The number of nitro groups is 1. The first kappa shape index (κ1) is 18.8. The van der Waals surface area contributed by atoms with Gasteiger partial charge < -0.3 is 9.84 Å². The summed E-state index contributed by atoms with van der Waals surface area (Å²) in [7, 11) is 0. The number of phenolic OH excluding ortho intramolecular Hbond substituents is 1. The third-order valence-electron chi connectivity index (χ3n) is 3.90. The topological polar surface area (TPSA) is 119 Å². The van der Waals surface area contributed by atoms with Crippen LogP contribution in [-0.2, 0) is 0 Å². The van der Waals surface area contributed by atoms with E-state index < -0.39 is 11.0 Å². The highest BCUT2D eigenvalue weighted by atomic mass is 16.6. The lowest BCUT2D eigenvalue weighted by atomic mass is 10.1. The summed E-state index contributed by atoms with van der Waals surface area (Å²) in [4.78, 5) is 22.3. The number of phenols is 1. The van der Waals surface area contributed by atoms with Gasteiger partial charge in [-0.1, -0.05) is 0 Å². The van der Waals surface area contributed by atoms with Gasteiger partial charge in [0.2, 0.25) is 0 Å². The molecule has 0 fully saturated rings. The second-order valence-electron chi connectivity index (χ2n) is 6.02. The molecule has 1 heterocycles. The number of non-ortho nitro benzene ring substituents is 1. The lowest BCUT2D eigenvalue weighted by Gasteiger charge is -2.04. The van der Waals surface area contributed by atoms with Crippen molar-refractivity contribution in [3.63, 3.8) is 0 Å². The molecule has 0 atom stereocenters. The van der Waals surface area contributed by atoms with E-state index in [0.717, 1.165) is 0 Å². The highest BCUT2D eigenvalue weighted by Crippen LogP contribution is 2.28. The number of aromatic hydroxyl groups is 1. The van der Waals surface area contributed by atoms with Crippen LogP contribution in [0.25, 0.3) is 0 Å². The van der Waals surface area contributed by atoms with Gasteiger partial charge in [-0.15, -0.1) is 5.11 Å². The van der Waals surface area contributed by atoms with E-state index in [0.29, 0.717) is 22.5 Å². The second-order valence-corrected chi connectivity index (χ2v) is 6.02. The third kappa shape index (κ3) is 4.21. The summed E-state index contributed by atoms with van der Waals surface area (Å²) in [5.74, 6) is 0.404. The summed E-state index contributed by atoms with van der Waals surface area (Å²) < 4.78 is 6.34. The molecule has 0 aliphatic rings. The number of hydrogen-bond donors (Lipinski definition) is 1. The van der Waals surface area contributed by atoms with Gasteiger partial charge in [0, 0.05) is 24.5 Å². The molecule has 0 saturated heterocycles. The monoisotopic (exact) mass is 380 g/mol. The molecule has 1 N–H and O–H groups in total. The van der Waals surface area contributed by atoms with Crippen LogP contribution >= 0.6 is 0 Å². The molecule has 2 aromatic carbocycles. The van der Waals surface area contributed by atoms with Crippen molar-refractivity contribution in [2.45, 2.75) is 13.8 Å². The number of aryl methyl sites for hydroxylation is 2. The van der Waals surface area contributed by atoms with Crippen molar-refractivity contribution in [3.8, 4) is 11.5 Å². The Morgan fingerprint density at radius 1 is 1.07 bits per heavy atom. The van der Waals surface area contributed by atoms with Crippen LogP contribution in [0.2, 0.25) is 0 Å². The number of carbonyl (C=O) groups excluding carboxylic acids is 1. The van der Waals surface area contributed by atoms with Gasteiger partial charge in [0.15, 0.2) is 0 Å². The lowest BCUT2D eigenvalue weighted by Crippen LogP contribution is -2.14. The van der Waals surface area contributed by atoms with Crippen LogP contribution in [-0.4, -0.2) is 20.7 Å². The van der Waals surface area contributed by atoms with E-state index in [2.05, 4.69) is 10.2 Å². The van der Waals surface area contributed by atoms with Crippen LogP contribution in [0.5, 0.6) is 11.5 Å². The summed E-state index contributed by atoms with van der Waals surface area (Å²) in [6.45, 7) is 3.54. The molecule has 1 aromatic heterocycles. The molecule has 3 rings (SSSR count). The molecule has 0 spiro atoms. The molecule has 9 heteroatoms. The van der Waals surface area contributed by atoms with Gasteiger partial charge in [-0.2, -0.15) is 5.11 Å². The zero-order chi connectivity index (χ0) is 20.3. The van der Waals surface area contributed by atoms with E-state index in [1.807, 2.05) is 0 Å². The smallest absolute Gasteiger partial charge is 0.423 e. The minimum Gasteiger partial charge on any atom is -0.507 e. The highest BCUT2D eigenvalue weighted by Gasteiger charge is 2.10. The van der Waals surface area contributed by atoms with E-state index in [1.165, 1.54) is 41.2 Å². The molecular formula is C19H16N4O5. The Kier molecular flexibility index (Phi) is 5.16. The van der Waals surface area contributed by atoms with Crippen LogP contribution in [0.1, 0.15) is 11.1 Å². The first-order chi connectivity index (χ1) is 13.3. The summed E-state index contributed by atoms with van der Waals surface area (Å²) in [5, 5.41) is 28.6. The van der Waals surface area contributed by atoms with Crippen molar-refractivity contribution in [2.75, 3.05) is 0 Å². The quantitative estimate of drug-likeness (QED) is 0.380. The number of hydrogen-bond acceptors (Lipinski definition) is 7. The molecule has 0 unspecified atom stereocenters. The molecule has 0 bridgehead atoms. The Morgan fingerprint density at radius 3 is 2.29 bits per heavy atom. The van der Waals surface area contributed by atoms with Gasteiger partial charge >= 0.3 is 6.09 Å². The molecule has 9 nitrogen and oxygen atoms in total. The number of nitro benzene ring substituents is 1. The van der Waals surface area contributed by atoms with Gasteiger partial charge in [0.1, 0.15) is 17.2 Å². The zero-order valence-corrected chi connectivity index (χ0v) is 15.1. The minimum atomic E-state index is -0.688. The van der Waals surface area contributed by atoms with E-state index in [-0.39, 0.29) is 17.2 Å². The molecule has 0 aliphatic carbocycles. The fourth-order valence-electron chi connectivity index (χ4n) is 2.45. The lowest BCUT2D eigenvalue weighted by molar-refractivity contribution is -0.384. The SMILES string of the molecule is Cc1cc(/N=N/c2ccn(C(=O)Oc3ccc([N+](=O)[O-])cc3)c2)cc(C)c1O. The predicted octanol–water partition coefficient (Wildman–Crippen LogP) is 5.18. The Labute approximate surface area is 159 Å². The predicted molar refractivity (Wildman–Crippen MR) is 101 cm³/mol. The van der Waals surface area contributed by atoms with Crippen LogP contribution in [0, 0.1) is 24.0 Å². The van der Waals surface area contributed by atoms with Crippen LogP contribution in [0.3, 0.4) is 0 Å². The minimum absolute atomic E-state index is 0.0943. The first-order valence-electron chi connectivity index (χ1n) is 8.20. The molecule has 142 valence electrons. The number of carbonyl (C=O) groups is 1. The standard InChI is InChI=1S/C19H16N4O5/c1-12-9-15(10-13(2)18(12)24)21-20-14-7-8-22(11-14)19(25)28-17-5-3-16(4-6-17)23(26)27/h3-11,24H,1-2H3/b21-20+. The fraction of sp³-hybridized carbons (Fsp3) is 0.105. The molecule has 3 aromatic rings. The van der Waals surface area contributed by atoms with E-state index in [4.69, 9.17) is 4.74 Å². The van der Waals surface area contributed by atoms with Crippen LogP contribution < -0.4 is 4.74 Å². The third-order valence-corrected chi connectivity index (χ3v) is 3.90. The molecule has 0 aliphatic heterocycles. The largest absolute Gasteiger partial charge is 0.507 e. The molecule has 0 amide bonds. The normalized spacial score (nSPS) is 10.9. The zero-order valence-electron chi connectivity index (χ0n) is 15.1. The molecule has 28 heavy (non-hydrogen) atoms. The van der Waals surface area contributed by atoms with Crippen LogP contribution in [0.15, 0.2) is 65.1 Å². The van der Waals surface area contributed by atoms with Crippen molar-refractivity contribution in [2.24, 2.45) is 10.2 Å². The van der Waals surface area contributed by atoms with Crippen molar-refractivity contribution in [1.29, 1.82) is 0 Å². The fourth-order valence-corrected chi connectivity index (χ4v) is 2.45.